The van der Waals surface area contributed by atoms with Crippen molar-refractivity contribution in [1.82, 2.24) is 9.88 Å². The van der Waals surface area contributed by atoms with Crippen LogP contribution < -0.4 is 0 Å². The van der Waals surface area contributed by atoms with E-state index in [2.05, 4.69) is 37.0 Å². The monoisotopic (exact) mass is 286 g/mol. The molecule has 0 saturated carbocycles. The topological polar surface area (TPSA) is 33.2 Å². The minimum atomic E-state index is -0.0228. The summed E-state index contributed by atoms with van der Waals surface area (Å²) < 4.78 is 0. The highest BCUT2D eigenvalue weighted by Gasteiger charge is 2.15. The van der Waals surface area contributed by atoms with Crippen molar-refractivity contribution in [1.29, 1.82) is 0 Å². The molecule has 0 unspecified atom stereocenters. The van der Waals surface area contributed by atoms with E-state index >= 15 is 0 Å². The van der Waals surface area contributed by atoms with E-state index in [0.29, 0.717) is 5.56 Å². The Morgan fingerprint density at radius 3 is 2.60 bits per heavy atom. The highest BCUT2D eigenvalue weighted by atomic mass is 32.2. The van der Waals surface area contributed by atoms with Gasteiger partial charge in [-0.25, -0.2) is 4.98 Å². The van der Waals surface area contributed by atoms with Gasteiger partial charge in [0, 0.05) is 25.2 Å². The zero-order chi connectivity index (χ0) is 14.7. The van der Waals surface area contributed by atoms with Crippen molar-refractivity contribution < 1.29 is 4.79 Å². The third-order valence-electron chi connectivity index (χ3n) is 2.94. The van der Waals surface area contributed by atoms with Gasteiger partial charge in [0.15, 0.2) is 0 Å². The Hall–Kier alpha value is -1.81. The number of hydrogen-bond acceptors (Lipinski definition) is 3. The van der Waals surface area contributed by atoms with Gasteiger partial charge >= 0.3 is 0 Å². The Morgan fingerprint density at radius 1 is 1.20 bits per heavy atom. The standard InChI is InChI=1S/C16H18N2OS/c1-11-7-8-14(12(2)10-11)20-15-13(6-5-9-17-15)16(19)18(3)4/h5-10H,1-4H3. The molecule has 0 atom stereocenters. The fraction of sp³-hybridized carbons (Fsp3) is 0.250. The summed E-state index contributed by atoms with van der Waals surface area (Å²) in [7, 11) is 3.50. The molecule has 0 spiro atoms. The van der Waals surface area contributed by atoms with Crippen LogP contribution in [0.4, 0.5) is 0 Å². The molecule has 20 heavy (non-hydrogen) atoms. The number of rotatable bonds is 3. The van der Waals surface area contributed by atoms with Crippen molar-refractivity contribution in [2.75, 3.05) is 14.1 Å². The lowest BCUT2D eigenvalue weighted by atomic mass is 10.2. The smallest absolute Gasteiger partial charge is 0.256 e. The minimum absolute atomic E-state index is 0.0228. The van der Waals surface area contributed by atoms with Crippen molar-refractivity contribution in [2.45, 2.75) is 23.8 Å². The average Bonchev–Trinajstić information content (AvgIpc) is 2.41. The molecule has 0 saturated heterocycles. The van der Waals surface area contributed by atoms with E-state index in [-0.39, 0.29) is 5.91 Å². The number of hydrogen-bond donors (Lipinski definition) is 0. The van der Waals surface area contributed by atoms with Crippen LogP contribution in [0.3, 0.4) is 0 Å². The molecule has 0 fully saturated rings. The summed E-state index contributed by atoms with van der Waals surface area (Å²) in [5.74, 6) is -0.0228. The van der Waals surface area contributed by atoms with Gasteiger partial charge in [-0.15, -0.1) is 0 Å². The van der Waals surface area contributed by atoms with Gasteiger partial charge in [0.25, 0.3) is 5.91 Å². The molecular formula is C16H18N2OS. The quantitative estimate of drug-likeness (QED) is 0.865. The van der Waals surface area contributed by atoms with E-state index in [1.54, 1.807) is 31.3 Å². The second kappa shape index (κ2) is 6.09. The second-order valence-corrected chi connectivity index (χ2v) is 5.96. The summed E-state index contributed by atoms with van der Waals surface area (Å²) in [5.41, 5.74) is 3.07. The first kappa shape index (κ1) is 14.6. The zero-order valence-corrected chi connectivity index (χ0v) is 13.0. The van der Waals surface area contributed by atoms with Crippen LogP contribution in [0.1, 0.15) is 21.5 Å². The third-order valence-corrected chi connectivity index (χ3v) is 4.14. The fourth-order valence-corrected chi connectivity index (χ4v) is 2.84. The first-order valence-corrected chi connectivity index (χ1v) is 7.22. The van der Waals surface area contributed by atoms with Crippen molar-refractivity contribution in [2.24, 2.45) is 0 Å². The third kappa shape index (κ3) is 3.20. The van der Waals surface area contributed by atoms with Crippen LogP contribution in [0.15, 0.2) is 46.5 Å². The molecule has 2 aromatic rings. The van der Waals surface area contributed by atoms with Crippen LogP contribution in [0.25, 0.3) is 0 Å². The predicted molar refractivity (Wildman–Crippen MR) is 82.3 cm³/mol. The number of carbonyl (C=O) groups is 1. The van der Waals surface area contributed by atoms with E-state index in [4.69, 9.17) is 0 Å². The number of amides is 1. The van der Waals surface area contributed by atoms with Crippen LogP contribution >= 0.6 is 11.8 Å². The van der Waals surface area contributed by atoms with Gasteiger partial charge in [-0.2, -0.15) is 0 Å². The maximum absolute atomic E-state index is 12.2. The van der Waals surface area contributed by atoms with E-state index in [1.165, 1.54) is 22.9 Å². The number of aromatic nitrogens is 1. The molecule has 1 amide bonds. The number of aryl methyl sites for hydroxylation is 2. The summed E-state index contributed by atoms with van der Waals surface area (Å²) in [6.45, 7) is 4.15. The van der Waals surface area contributed by atoms with E-state index in [1.807, 2.05) is 6.07 Å². The van der Waals surface area contributed by atoms with E-state index < -0.39 is 0 Å². The molecule has 4 heteroatoms. The molecule has 1 aromatic heterocycles. The van der Waals surface area contributed by atoms with Crippen LogP contribution in [0.5, 0.6) is 0 Å². The SMILES string of the molecule is Cc1ccc(Sc2ncccc2C(=O)N(C)C)c(C)c1. The zero-order valence-electron chi connectivity index (χ0n) is 12.2. The summed E-state index contributed by atoms with van der Waals surface area (Å²) in [4.78, 5) is 19.2. The molecule has 2 rings (SSSR count). The molecular weight excluding hydrogens is 268 g/mol. The normalized spacial score (nSPS) is 10.4. The van der Waals surface area contributed by atoms with Gasteiger partial charge in [-0.05, 0) is 37.6 Å². The lowest BCUT2D eigenvalue weighted by molar-refractivity contribution is 0.0823. The van der Waals surface area contributed by atoms with Gasteiger partial charge in [-0.1, -0.05) is 29.5 Å². The lowest BCUT2D eigenvalue weighted by Gasteiger charge is -2.13. The largest absolute Gasteiger partial charge is 0.345 e. The summed E-state index contributed by atoms with van der Waals surface area (Å²) >= 11 is 1.54. The lowest BCUT2D eigenvalue weighted by Crippen LogP contribution is -2.22. The van der Waals surface area contributed by atoms with Crippen LogP contribution in [0.2, 0.25) is 0 Å². The average molecular weight is 286 g/mol. The van der Waals surface area contributed by atoms with Crippen molar-refractivity contribution in [3.63, 3.8) is 0 Å². The van der Waals surface area contributed by atoms with Gasteiger partial charge in [0.05, 0.1) is 5.56 Å². The number of benzene rings is 1. The Bertz CT molecular complexity index is 638. The Kier molecular flexibility index (Phi) is 4.45. The number of carbonyl (C=O) groups excluding carboxylic acids is 1. The first-order valence-electron chi connectivity index (χ1n) is 6.41. The van der Waals surface area contributed by atoms with Crippen molar-refractivity contribution >= 4 is 17.7 Å². The molecule has 0 aliphatic rings. The maximum Gasteiger partial charge on any atom is 0.256 e. The predicted octanol–water partition coefficient (Wildman–Crippen LogP) is 3.55. The van der Waals surface area contributed by atoms with Crippen LogP contribution in [0, 0.1) is 13.8 Å². The van der Waals surface area contributed by atoms with Gasteiger partial charge in [-0.3, -0.25) is 4.79 Å². The van der Waals surface area contributed by atoms with Gasteiger partial charge in [0.2, 0.25) is 0 Å². The van der Waals surface area contributed by atoms with E-state index in [9.17, 15) is 4.79 Å². The van der Waals surface area contributed by atoms with Crippen molar-refractivity contribution in [3.8, 4) is 0 Å². The Balaban J connectivity index is 2.36. The number of pyridine rings is 1. The molecule has 3 nitrogen and oxygen atoms in total. The Morgan fingerprint density at radius 2 is 1.95 bits per heavy atom. The van der Waals surface area contributed by atoms with Crippen molar-refractivity contribution in [3.05, 3.63) is 53.2 Å². The molecule has 1 heterocycles. The maximum atomic E-state index is 12.2. The molecule has 0 radical (unpaired) electrons. The minimum Gasteiger partial charge on any atom is -0.345 e. The molecule has 0 N–H and O–H groups in total. The number of nitrogens with zero attached hydrogens (tertiary/aromatic N) is 2. The van der Waals surface area contributed by atoms with Gasteiger partial charge < -0.3 is 4.90 Å². The Labute approximate surface area is 124 Å². The summed E-state index contributed by atoms with van der Waals surface area (Å²) in [5, 5.41) is 0.748. The second-order valence-electron chi connectivity index (χ2n) is 4.93. The van der Waals surface area contributed by atoms with Crippen LogP contribution in [-0.4, -0.2) is 29.9 Å². The molecule has 0 aliphatic carbocycles. The van der Waals surface area contributed by atoms with Crippen LogP contribution in [-0.2, 0) is 0 Å². The highest BCUT2D eigenvalue weighted by molar-refractivity contribution is 7.99. The summed E-state index contributed by atoms with van der Waals surface area (Å²) in [6, 6.07) is 9.91. The fourth-order valence-electron chi connectivity index (χ4n) is 1.89. The molecule has 0 bridgehead atoms. The van der Waals surface area contributed by atoms with Gasteiger partial charge in [0.1, 0.15) is 5.03 Å². The van der Waals surface area contributed by atoms with E-state index in [0.717, 1.165) is 9.92 Å². The summed E-state index contributed by atoms with van der Waals surface area (Å²) in [6.07, 6.45) is 1.72. The molecule has 104 valence electrons. The first-order chi connectivity index (χ1) is 9.49. The highest BCUT2D eigenvalue weighted by Crippen LogP contribution is 2.31. The molecule has 1 aromatic carbocycles. The molecule has 0 aliphatic heterocycles.